The number of nitrogens with zero attached hydrogens (tertiary/aromatic N) is 1. The van der Waals surface area contributed by atoms with Gasteiger partial charge >= 0.3 is 0 Å². The van der Waals surface area contributed by atoms with Crippen LogP contribution in [0.25, 0.3) is 0 Å². The molecule has 0 fully saturated rings. The highest BCUT2D eigenvalue weighted by Crippen LogP contribution is 2.18. The van der Waals surface area contributed by atoms with Crippen molar-refractivity contribution >= 4 is 11.5 Å². The van der Waals surface area contributed by atoms with Crippen molar-refractivity contribution < 1.29 is 0 Å². The number of anilines is 1. The van der Waals surface area contributed by atoms with E-state index in [0.29, 0.717) is 0 Å². The van der Waals surface area contributed by atoms with E-state index >= 15 is 0 Å². The Bertz CT molecular complexity index is 590. The minimum absolute atomic E-state index is 0.770. The van der Waals surface area contributed by atoms with Crippen LogP contribution in [0.5, 0.6) is 0 Å². The third-order valence-electron chi connectivity index (χ3n) is 3.44. The van der Waals surface area contributed by atoms with E-state index in [4.69, 9.17) is 0 Å². The molecule has 2 aromatic carbocycles. The first-order valence-electron chi connectivity index (χ1n) is 7.05. The molecule has 2 N–H and O–H groups in total. The van der Waals surface area contributed by atoms with E-state index in [9.17, 15) is 0 Å². The molecule has 1 aliphatic rings. The van der Waals surface area contributed by atoms with Crippen LogP contribution in [0.4, 0.5) is 5.69 Å². The van der Waals surface area contributed by atoms with Crippen molar-refractivity contribution in [3.05, 3.63) is 65.7 Å². The second-order valence-corrected chi connectivity index (χ2v) is 4.93. The molecule has 0 saturated carbocycles. The molecule has 2 aromatic rings. The van der Waals surface area contributed by atoms with Crippen LogP contribution in [0, 0.1) is 0 Å². The number of nitrogens with one attached hydrogen (secondary N) is 2. The fourth-order valence-electron chi connectivity index (χ4n) is 2.41. The molecule has 3 nitrogen and oxygen atoms in total. The van der Waals surface area contributed by atoms with Gasteiger partial charge in [0.05, 0.1) is 13.1 Å². The van der Waals surface area contributed by atoms with Crippen molar-refractivity contribution in [2.75, 3.05) is 25.0 Å². The van der Waals surface area contributed by atoms with Crippen molar-refractivity contribution in [3.8, 4) is 0 Å². The molecule has 3 rings (SSSR count). The topological polar surface area (TPSA) is 36.4 Å². The molecule has 0 aromatic heterocycles. The lowest BCUT2D eigenvalue weighted by Gasteiger charge is -2.12. The first kappa shape index (κ1) is 12.7. The molecule has 0 radical (unpaired) electrons. The molecule has 0 atom stereocenters. The Morgan fingerprint density at radius 2 is 1.80 bits per heavy atom. The summed E-state index contributed by atoms with van der Waals surface area (Å²) in [6.45, 7) is 2.62. The van der Waals surface area contributed by atoms with Gasteiger partial charge in [-0.15, -0.1) is 0 Å². The van der Waals surface area contributed by atoms with Gasteiger partial charge in [0, 0.05) is 12.2 Å². The Morgan fingerprint density at radius 1 is 1.00 bits per heavy atom. The maximum atomic E-state index is 4.41. The van der Waals surface area contributed by atoms with Gasteiger partial charge < -0.3 is 10.6 Å². The summed E-state index contributed by atoms with van der Waals surface area (Å²) in [5, 5.41) is 6.77. The zero-order chi connectivity index (χ0) is 13.6. The molecule has 0 spiro atoms. The number of hydrogen-bond donors (Lipinski definition) is 2. The number of hydrogen-bond acceptors (Lipinski definition) is 3. The maximum Gasteiger partial charge on any atom is 0.116 e. The number of aliphatic imine (C=N–C) groups is 1. The molecule has 0 bridgehead atoms. The summed E-state index contributed by atoms with van der Waals surface area (Å²) in [6.07, 6.45) is 0.948. The Morgan fingerprint density at radius 3 is 2.60 bits per heavy atom. The summed E-state index contributed by atoms with van der Waals surface area (Å²) < 4.78 is 0. The van der Waals surface area contributed by atoms with Gasteiger partial charge in [-0.1, -0.05) is 48.5 Å². The Hall–Kier alpha value is -2.29. The van der Waals surface area contributed by atoms with Crippen LogP contribution in [0.1, 0.15) is 11.1 Å². The predicted octanol–water partition coefficient (Wildman–Crippen LogP) is 2.69. The van der Waals surface area contributed by atoms with Crippen LogP contribution in [-0.4, -0.2) is 25.5 Å². The smallest absolute Gasteiger partial charge is 0.116 e. The average molecular weight is 265 g/mol. The van der Waals surface area contributed by atoms with Crippen LogP contribution < -0.4 is 10.6 Å². The summed E-state index contributed by atoms with van der Waals surface area (Å²) in [7, 11) is 0. The predicted molar refractivity (Wildman–Crippen MR) is 84.5 cm³/mol. The van der Waals surface area contributed by atoms with E-state index in [2.05, 4.69) is 70.2 Å². The van der Waals surface area contributed by atoms with Gasteiger partial charge in [0.25, 0.3) is 0 Å². The van der Waals surface area contributed by atoms with Crippen molar-refractivity contribution in [3.63, 3.8) is 0 Å². The van der Waals surface area contributed by atoms with Gasteiger partial charge in [0.15, 0.2) is 0 Å². The minimum atomic E-state index is 0.770. The van der Waals surface area contributed by atoms with E-state index in [1.807, 2.05) is 0 Å². The van der Waals surface area contributed by atoms with Crippen LogP contribution in [0.3, 0.4) is 0 Å². The Kier molecular flexibility index (Phi) is 3.97. The van der Waals surface area contributed by atoms with E-state index in [1.54, 1.807) is 0 Å². The lowest BCUT2D eigenvalue weighted by molar-refractivity contribution is 0.955. The molecule has 1 aliphatic heterocycles. The van der Waals surface area contributed by atoms with E-state index < -0.39 is 0 Å². The summed E-state index contributed by atoms with van der Waals surface area (Å²) in [6, 6.07) is 19.0. The lowest BCUT2D eigenvalue weighted by atomic mass is 10.0. The molecule has 20 heavy (non-hydrogen) atoms. The fraction of sp³-hybridized carbons (Fsp3) is 0.235. The van der Waals surface area contributed by atoms with Crippen molar-refractivity contribution in [1.82, 2.24) is 5.32 Å². The number of amidine groups is 1. The summed E-state index contributed by atoms with van der Waals surface area (Å²) in [5.41, 5.74) is 3.84. The molecular weight excluding hydrogens is 246 g/mol. The first-order chi connectivity index (χ1) is 9.92. The third-order valence-corrected chi connectivity index (χ3v) is 3.44. The van der Waals surface area contributed by atoms with E-state index in [0.717, 1.165) is 31.9 Å². The maximum absolute atomic E-state index is 4.41. The quantitative estimate of drug-likeness (QED) is 0.872. The largest absolute Gasteiger partial charge is 0.378 e. The average Bonchev–Trinajstić information content (AvgIpc) is 3.01. The standard InChI is InChI=1S/C17H19N3/c1-2-6-14(7-3-1)12-15-8-4-5-9-16(15)20-13-17-18-10-11-19-17/h1-9,20H,10-13H2,(H,18,19). The molecule has 0 unspecified atom stereocenters. The van der Waals surface area contributed by atoms with Crippen LogP contribution >= 0.6 is 0 Å². The van der Waals surface area contributed by atoms with E-state index in [1.165, 1.54) is 16.8 Å². The zero-order valence-corrected chi connectivity index (χ0v) is 11.5. The van der Waals surface area contributed by atoms with Gasteiger partial charge in [0.1, 0.15) is 5.84 Å². The zero-order valence-electron chi connectivity index (χ0n) is 11.5. The monoisotopic (exact) mass is 265 g/mol. The van der Waals surface area contributed by atoms with Crippen LogP contribution in [-0.2, 0) is 6.42 Å². The number of rotatable bonds is 5. The molecule has 0 saturated heterocycles. The molecular formula is C17H19N3. The highest BCUT2D eigenvalue weighted by atomic mass is 15.1. The van der Waals surface area contributed by atoms with Crippen LogP contribution in [0.2, 0.25) is 0 Å². The van der Waals surface area contributed by atoms with Crippen molar-refractivity contribution in [1.29, 1.82) is 0 Å². The van der Waals surface area contributed by atoms with Gasteiger partial charge in [0.2, 0.25) is 0 Å². The second kappa shape index (κ2) is 6.24. The van der Waals surface area contributed by atoms with Gasteiger partial charge in [-0.05, 0) is 23.6 Å². The number of benzene rings is 2. The highest BCUT2D eigenvalue weighted by Gasteiger charge is 2.06. The second-order valence-electron chi connectivity index (χ2n) is 4.93. The summed E-state index contributed by atoms with van der Waals surface area (Å²) in [4.78, 5) is 4.41. The fourth-order valence-corrected chi connectivity index (χ4v) is 2.41. The van der Waals surface area contributed by atoms with E-state index in [-0.39, 0.29) is 0 Å². The third kappa shape index (κ3) is 3.18. The van der Waals surface area contributed by atoms with Crippen LogP contribution in [0.15, 0.2) is 59.6 Å². The van der Waals surface area contributed by atoms with Crippen molar-refractivity contribution in [2.45, 2.75) is 6.42 Å². The molecule has 1 heterocycles. The Labute approximate surface area is 119 Å². The summed E-state index contributed by atoms with van der Waals surface area (Å²) >= 11 is 0. The van der Waals surface area contributed by atoms with Gasteiger partial charge in [-0.25, -0.2) is 0 Å². The molecule has 0 amide bonds. The molecule has 3 heteroatoms. The lowest BCUT2D eigenvalue weighted by Crippen LogP contribution is -2.26. The normalized spacial score (nSPS) is 13.7. The first-order valence-corrected chi connectivity index (χ1v) is 7.05. The number of para-hydroxylation sites is 1. The summed E-state index contributed by atoms with van der Waals surface area (Å²) in [5.74, 6) is 1.06. The Balaban J connectivity index is 1.71. The van der Waals surface area contributed by atoms with Crippen molar-refractivity contribution in [2.24, 2.45) is 4.99 Å². The molecule has 0 aliphatic carbocycles. The minimum Gasteiger partial charge on any atom is -0.378 e. The SMILES string of the molecule is c1ccc(Cc2ccccc2NCC2=NCCN2)cc1. The highest BCUT2D eigenvalue weighted by molar-refractivity contribution is 5.87. The van der Waals surface area contributed by atoms with Gasteiger partial charge in [-0.3, -0.25) is 4.99 Å². The van der Waals surface area contributed by atoms with Gasteiger partial charge in [-0.2, -0.15) is 0 Å². The molecule has 102 valence electrons.